The molecule has 0 bridgehead atoms. The Kier molecular flexibility index (Phi) is 7.48. The minimum absolute atomic E-state index is 0.0766. The van der Waals surface area contributed by atoms with Gasteiger partial charge >= 0.3 is 12.0 Å². The molecule has 0 radical (unpaired) electrons. The second kappa shape index (κ2) is 9.11. The number of carbonyl (C=O) groups excluding carboxylic acids is 2. The number of esters is 1. The Labute approximate surface area is 133 Å². The Morgan fingerprint density at radius 2 is 2.09 bits per heavy atom. The molecule has 0 spiro atoms. The van der Waals surface area contributed by atoms with Crippen molar-refractivity contribution in [3.05, 3.63) is 22.7 Å². The van der Waals surface area contributed by atoms with E-state index >= 15 is 0 Å². The van der Waals surface area contributed by atoms with Gasteiger partial charge in [0.2, 0.25) is 0 Å². The Hall–Kier alpha value is -1.99. The smallest absolute Gasteiger partial charge is 0.319 e. The van der Waals surface area contributed by atoms with E-state index in [4.69, 9.17) is 21.4 Å². The number of hydrogen-bond donors (Lipinski definition) is 4. The zero-order chi connectivity index (χ0) is 16.5. The number of phenols is 1. The van der Waals surface area contributed by atoms with Gasteiger partial charge in [-0.15, -0.1) is 0 Å². The molecule has 0 aliphatic heterocycles. The first kappa shape index (κ1) is 18.1. The monoisotopic (exact) mass is 330 g/mol. The molecular formula is C14H19ClN2O5. The highest BCUT2D eigenvalue weighted by molar-refractivity contribution is 6.32. The van der Waals surface area contributed by atoms with Gasteiger partial charge in [-0.2, -0.15) is 0 Å². The molecule has 7 nitrogen and oxygen atoms in total. The molecule has 122 valence electrons. The lowest BCUT2D eigenvalue weighted by Crippen LogP contribution is -2.30. The largest absolute Gasteiger partial charge is 0.506 e. The third-order valence-electron chi connectivity index (χ3n) is 2.70. The normalized spacial score (nSPS) is 10.1. The van der Waals surface area contributed by atoms with E-state index in [1.807, 2.05) is 0 Å². The van der Waals surface area contributed by atoms with Crippen molar-refractivity contribution in [2.24, 2.45) is 0 Å². The van der Waals surface area contributed by atoms with Crippen LogP contribution in [0.2, 0.25) is 5.02 Å². The van der Waals surface area contributed by atoms with Crippen molar-refractivity contribution in [2.75, 3.05) is 25.1 Å². The molecule has 4 N–H and O–H groups in total. The molecule has 0 saturated carbocycles. The summed E-state index contributed by atoms with van der Waals surface area (Å²) in [5.41, 5.74) is 0.803. The maximum absolute atomic E-state index is 11.7. The molecule has 0 aromatic heterocycles. The number of aliphatic hydroxyl groups excluding tert-OH is 1. The standard InChI is InChI=1S/C14H19ClN2O5/c1-2-22-12(19)3-5-16-14(21)17-10-7-9(4-6-18)13(20)11(15)8-10/h7-8,18,20H,2-6H2,1H3,(H2,16,17,21). The second-order valence-electron chi connectivity index (χ2n) is 4.38. The highest BCUT2D eigenvalue weighted by atomic mass is 35.5. The van der Waals surface area contributed by atoms with Gasteiger partial charge in [0.25, 0.3) is 0 Å². The molecule has 1 aromatic carbocycles. The first-order chi connectivity index (χ1) is 10.5. The first-order valence-electron chi connectivity index (χ1n) is 6.80. The molecule has 0 aliphatic carbocycles. The molecule has 0 atom stereocenters. The van der Waals surface area contributed by atoms with Crippen molar-refractivity contribution in [3.8, 4) is 5.75 Å². The number of phenolic OH excluding ortho intramolecular Hbond substituents is 1. The molecule has 1 rings (SSSR count). The molecule has 0 unspecified atom stereocenters. The molecule has 8 heteroatoms. The Bertz CT molecular complexity index is 536. The summed E-state index contributed by atoms with van der Waals surface area (Å²) in [6, 6.07) is 2.39. The van der Waals surface area contributed by atoms with Crippen LogP contribution >= 0.6 is 11.6 Å². The summed E-state index contributed by atoms with van der Waals surface area (Å²) >= 11 is 5.85. The van der Waals surface area contributed by atoms with Crippen LogP contribution in [-0.2, 0) is 16.0 Å². The van der Waals surface area contributed by atoms with E-state index in [2.05, 4.69) is 10.6 Å². The topological polar surface area (TPSA) is 108 Å². The highest BCUT2D eigenvalue weighted by Gasteiger charge is 2.10. The van der Waals surface area contributed by atoms with Crippen molar-refractivity contribution in [1.82, 2.24) is 5.32 Å². The number of carbonyl (C=O) groups is 2. The highest BCUT2D eigenvalue weighted by Crippen LogP contribution is 2.31. The average Bonchev–Trinajstić information content (AvgIpc) is 2.44. The lowest BCUT2D eigenvalue weighted by molar-refractivity contribution is -0.142. The van der Waals surface area contributed by atoms with Gasteiger partial charge < -0.3 is 25.6 Å². The minimum Gasteiger partial charge on any atom is -0.506 e. The maximum atomic E-state index is 11.7. The number of amides is 2. The number of aliphatic hydroxyl groups is 1. The molecule has 22 heavy (non-hydrogen) atoms. The fourth-order valence-corrected chi connectivity index (χ4v) is 1.96. The van der Waals surface area contributed by atoms with Crippen LogP contribution in [0.5, 0.6) is 5.75 Å². The average molecular weight is 331 g/mol. The van der Waals surface area contributed by atoms with Crippen LogP contribution in [-0.4, -0.2) is 42.0 Å². The van der Waals surface area contributed by atoms with Crippen LogP contribution in [0.3, 0.4) is 0 Å². The molecule has 0 heterocycles. The zero-order valence-corrected chi connectivity index (χ0v) is 12.9. The second-order valence-corrected chi connectivity index (χ2v) is 4.78. The molecule has 0 aliphatic rings. The molecule has 2 amide bonds. The number of hydrogen-bond acceptors (Lipinski definition) is 5. The summed E-state index contributed by atoms with van der Waals surface area (Å²) in [4.78, 5) is 22.8. The summed E-state index contributed by atoms with van der Waals surface area (Å²) in [6.07, 6.45) is 0.291. The van der Waals surface area contributed by atoms with E-state index in [0.29, 0.717) is 17.9 Å². The molecular weight excluding hydrogens is 312 g/mol. The predicted molar refractivity (Wildman–Crippen MR) is 82.2 cm³/mol. The zero-order valence-electron chi connectivity index (χ0n) is 12.2. The van der Waals surface area contributed by atoms with Crippen molar-refractivity contribution in [3.63, 3.8) is 0 Å². The predicted octanol–water partition coefficient (Wildman–Crippen LogP) is 1.66. The Morgan fingerprint density at radius 1 is 1.36 bits per heavy atom. The summed E-state index contributed by atoms with van der Waals surface area (Å²) in [6.45, 7) is 1.99. The summed E-state index contributed by atoms with van der Waals surface area (Å²) in [5, 5.41) is 23.8. The summed E-state index contributed by atoms with van der Waals surface area (Å²) in [5.74, 6) is -0.510. The SMILES string of the molecule is CCOC(=O)CCNC(=O)Nc1cc(Cl)c(O)c(CCO)c1. The number of urea groups is 1. The van der Waals surface area contributed by atoms with E-state index in [9.17, 15) is 14.7 Å². The van der Waals surface area contributed by atoms with Crippen LogP contribution in [0.25, 0.3) is 0 Å². The van der Waals surface area contributed by atoms with Crippen molar-refractivity contribution < 1.29 is 24.5 Å². The lowest BCUT2D eigenvalue weighted by Gasteiger charge is -2.11. The number of benzene rings is 1. The number of rotatable bonds is 7. The number of nitrogens with one attached hydrogen (secondary N) is 2. The van der Waals surface area contributed by atoms with Crippen molar-refractivity contribution >= 4 is 29.3 Å². The van der Waals surface area contributed by atoms with Gasteiger partial charge in [0.05, 0.1) is 18.1 Å². The van der Waals surface area contributed by atoms with Gasteiger partial charge in [0.1, 0.15) is 5.75 Å². The van der Waals surface area contributed by atoms with Gasteiger partial charge in [-0.05, 0) is 31.0 Å². The summed E-state index contributed by atoms with van der Waals surface area (Å²) in [7, 11) is 0. The lowest BCUT2D eigenvalue weighted by atomic mass is 10.1. The number of aromatic hydroxyl groups is 1. The Balaban J connectivity index is 2.55. The maximum Gasteiger partial charge on any atom is 0.319 e. The van der Waals surface area contributed by atoms with Gasteiger partial charge in [-0.3, -0.25) is 4.79 Å². The van der Waals surface area contributed by atoms with E-state index in [-0.39, 0.29) is 42.7 Å². The van der Waals surface area contributed by atoms with Crippen LogP contribution in [0.15, 0.2) is 12.1 Å². The van der Waals surface area contributed by atoms with Crippen LogP contribution in [0.4, 0.5) is 10.5 Å². The molecule has 0 fully saturated rings. The number of ether oxygens (including phenoxy) is 1. The number of anilines is 1. The first-order valence-corrected chi connectivity index (χ1v) is 7.18. The van der Waals surface area contributed by atoms with Crippen LogP contribution in [0.1, 0.15) is 18.9 Å². The fraction of sp³-hybridized carbons (Fsp3) is 0.429. The quantitative estimate of drug-likeness (QED) is 0.449. The van der Waals surface area contributed by atoms with Gasteiger partial charge in [0.15, 0.2) is 0 Å². The third-order valence-corrected chi connectivity index (χ3v) is 2.99. The Morgan fingerprint density at radius 3 is 2.73 bits per heavy atom. The third kappa shape index (κ3) is 5.79. The number of halogens is 1. The molecule has 0 saturated heterocycles. The van der Waals surface area contributed by atoms with Gasteiger partial charge in [0, 0.05) is 18.8 Å². The van der Waals surface area contributed by atoms with Crippen LogP contribution in [0, 0.1) is 0 Å². The van der Waals surface area contributed by atoms with E-state index in [1.165, 1.54) is 12.1 Å². The van der Waals surface area contributed by atoms with Crippen molar-refractivity contribution in [2.45, 2.75) is 19.8 Å². The van der Waals surface area contributed by atoms with Gasteiger partial charge in [-0.25, -0.2) is 4.79 Å². The van der Waals surface area contributed by atoms with E-state index < -0.39 is 6.03 Å². The van der Waals surface area contributed by atoms with Crippen LogP contribution < -0.4 is 10.6 Å². The summed E-state index contributed by atoms with van der Waals surface area (Å²) < 4.78 is 4.73. The van der Waals surface area contributed by atoms with Gasteiger partial charge in [-0.1, -0.05) is 11.6 Å². The molecule has 1 aromatic rings. The van der Waals surface area contributed by atoms with Crippen molar-refractivity contribution in [1.29, 1.82) is 0 Å². The van der Waals surface area contributed by atoms with E-state index in [0.717, 1.165) is 0 Å². The minimum atomic E-state index is -0.513. The van der Waals surface area contributed by atoms with E-state index in [1.54, 1.807) is 6.92 Å². The fourth-order valence-electron chi connectivity index (χ4n) is 1.73.